The minimum atomic E-state index is -3.62. The molecular weight excluding hydrogens is 312 g/mol. The summed E-state index contributed by atoms with van der Waals surface area (Å²) in [5.41, 5.74) is 0.463. The Morgan fingerprint density at radius 2 is 1.74 bits per heavy atom. The van der Waals surface area contributed by atoms with Crippen LogP contribution in [0.25, 0.3) is 0 Å². The van der Waals surface area contributed by atoms with Gasteiger partial charge in [-0.15, -0.1) is 6.42 Å². The Bertz CT molecular complexity index is 667. The molecule has 0 unspecified atom stereocenters. The summed E-state index contributed by atoms with van der Waals surface area (Å²) in [5.74, 6) is 2.06. The molecule has 2 N–H and O–H groups in total. The average molecular weight is 334 g/mol. The van der Waals surface area contributed by atoms with Crippen LogP contribution in [0.3, 0.4) is 0 Å². The first-order valence-electron chi connectivity index (χ1n) is 7.87. The van der Waals surface area contributed by atoms with E-state index in [9.17, 15) is 13.2 Å². The van der Waals surface area contributed by atoms with Crippen LogP contribution >= 0.6 is 0 Å². The number of sulfonamides is 1. The fourth-order valence-corrected chi connectivity index (χ4v) is 3.63. The van der Waals surface area contributed by atoms with Crippen LogP contribution in [-0.4, -0.2) is 26.9 Å². The first kappa shape index (κ1) is 17.5. The number of benzene rings is 1. The zero-order valence-electron chi connectivity index (χ0n) is 13.0. The Labute approximate surface area is 137 Å². The third kappa shape index (κ3) is 5.08. The largest absolute Gasteiger partial charge is 0.349 e. The van der Waals surface area contributed by atoms with E-state index in [-0.39, 0.29) is 23.4 Å². The second kappa shape index (κ2) is 8.14. The summed E-state index contributed by atoms with van der Waals surface area (Å²) < 4.78 is 26.1. The molecule has 0 saturated heterocycles. The average Bonchev–Trinajstić information content (AvgIpc) is 2.82. The van der Waals surface area contributed by atoms with E-state index in [1.54, 1.807) is 0 Å². The molecule has 0 aromatic heterocycles. The summed E-state index contributed by atoms with van der Waals surface area (Å²) in [6, 6.07) is 6.10. The SMILES string of the molecule is C#CCNS(=O)(=O)c1ccc(C(=O)NC2CCCCCC2)cc1. The third-order valence-corrected chi connectivity index (χ3v) is 5.40. The Hall–Kier alpha value is -1.84. The lowest BCUT2D eigenvalue weighted by atomic mass is 10.1. The summed E-state index contributed by atoms with van der Waals surface area (Å²) >= 11 is 0. The van der Waals surface area contributed by atoms with Gasteiger partial charge in [-0.1, -0.05) is 31.6 Å². The normalized spacial score (nSPS) is 16.3. The highest BCUT2D eigenvalue weighted by Crippen LogP contribution is 2.18. The number of carbonyl (C=O) groups excluding carboxylic acids is 1. The molecule has 0 aliphatic heterocycles. The monoisotopic (exact) mass is 334 g/mol. The van der Waals surface area contributed by atoms with Gasteiger partial charge in [-0.3, -0.25) is 4.79 Å². The summed E-state index contributed by atoms with van der Waals surface area (Å²) in [7, 11) is -3.62. The van der Waals surface area contributed by atoms with Gasteiger partial charge in [-0.2, -0.15) is 4.72 Å². The zero-order valence-corrected chi connectivity index (χ0v) is 13.9. The molecule has 0 bridgehead atoms. The minimum Gasteiger partial charge on any atom is -0.349 e. The van der Waals surface area contributed by atoms with Gasteiger partial charge in [0.05, 0.1) is 11.4 Å². The molecule has 1 amide bonds. The van der Waals surface area contributed by atoms with Gasteiger partial charge in [0.25, 0.3) is 5.91 Å². The molecule has 124 valence electrons. The summed E-state index contributed by atoms with van der Waals surface area (Å²) in [6.45, 7) is -0.0632. The maximum atomic E-state index is 12.3. The molecule has 1 fully saturated rings. The maximum Gasteiger partial charge on any atom is 0.251 e. The van der Waals surface area contributed by atoms with E-state index in [2.05, 4.69) is 16.0 Å². The lowest BCUT2D eigenvalue weighted by molar-refractivity contribution is 0.0933. The molecule has 1 aliphatic carbocycles. The first-order valence-corrected chi connectivity index (χ1v) is 9.35. The minimum absolute atomic E-state index is 0.0632. The molecule has 5 nitrogen and oxygen atoms in total. The van der Waals surface area contributed by atoms with Crippen molar-refractivity contribution in [3.63, 3.8) is 0 Å². The number of hydrogen-bond donors (Lipinski definition) is 2. The standard InChI is InChI=1S/C17H22N2O3S/c1-2-13-18-23(21,22)16-11-9-14(10-12-16)17(20)19-15-7-5-3-4-6-8-15/h1,9-12,15,18H,3-8,13H2,(H,19,20). The van der Waals surface area contributed by atoms with E-state index in [1.165, 1.54) is 37.1 Å². The molecule has 0 spiro atoms. The Kier molecular flexibility index (Phi) is 6.20. The molecule has 1 aromatic carbocycles. The lowest BCUT2D eigenvalue weighted by Crippen LogP contribution is -2.34. The smallest absolute Gasteiger partial charge is 0.251 e. The number of hydrogen-bond acceptors (Lipinski definition) is 3. The Morgan fingerprint density at radius 3 is 2.30 bits per heavy atom. The van der Waals surface area contributed by atoms with E-state index in [0.29, 0.717) is 5.56 Å². The van der Waals surface area contributed by atoms with Gasteiger partial charge in [-0.05, 0) is 37.1 Å². The molecule has 0 atom stereocenters. The number of nitrogens with one attached hydrogen (secondary N) is 2. The van der Waals surface area contributed by atoms with Crippen LogP contribution < -0.4 is 10.0 Å². The van der Waals surface area contributed by atoms with Crippen LogP contribution in [0.5, 0.6) is 0 Å². The number of carbonyl (C=O) groups is 1. The van der Waals surface area contributed by atoms with E-state index in [0.717, 1.165) is 25.7 Å². The van der Waals surface area contributed by atoms with Crippen molar-refractivity contribution in [3.8, 4) is 12.3 Å². The van der Waals surface area contributed by atoms with E-state index in [4.69, 9.17) is 6.42 Å². The highest BCUT2D eigenvalue weighted by molar-refractivity contribution is 7.89. The third-order valence-electron chi connectivity index (χ3n) is 3.98. The van der Waals surface area contributed by atoms with Crippen molar-refractivity contribution in [1.82, 2.24) is 10.0 Å². The number of amides is 1. The van der Waals surface area contributed by atoms with E-state index in [1.807, 2.05) is 0 Å². The quantitative estimate of drug-likeness (QED) is 0.639. The van der Waals surface area contributed by atoms with Crippen LogP contribution in [0.2, 0.25) is 0 Å². The van der Waals surface area contributed by atoms with Gasteiger partial charge in [0, 0.05) is 11.6 Å². The Balaban J connectivity index is 2.01. The van der Waals surface area contributed by atoms with Crippen LogP contribution in [-0.2, 0) is 10.0 Å². The van der Waals surface area contributed by atoms with Crippen molar-refractivity contribution in [2.45, 2.75) is 49.5 Å². The topological polar surface area (TPSA) is 75.3 Å². The highest BCUT2D eigenvalue weighted by Gasteiger charge is 2.17. The predicted molar refractivity (Wildman–Crippen MR) is 89.4 cm³/mol. The summed E-state index contributed by atoms with van der Waals surface area (Å²) in [5, 5.41) is 3.04. The molecule has 1 aromatic rings. The van der Waals surface area contributed by atoms with Crippen molar-refractivity contribution in [2.75, 3.05) is 6.54 Å². The summed E-state index contributed by atoms with van der Waals surface area (Å²) in [6.07, 6.45) is 11.8. The van der Waals surface area contributed by atoms with Crippen molar-refractivity contribution in [2.24, 2.45) is 0 Å². The fourth-order valence-electron chi connectivity index (χ4n) is 2.70. The second-order valence-electron chi connectivity index (χ2n) is 5.72. The molecule has 0 radical (unpaired) electrons. The maximum absolute atomic E-state index is 12.3. The molecule has 0 heterocycles. The molecule has 6 heteroatoms. The molecule has 23 heavy (non-hydrogen) atoms. The van der Waals surface area contributed by atoms with E-state index < -0.39 is 10.0 Å². The lowest BCUT2D eigenvalue weighted by Gasteiger charge is -2.16. The van der Waals surface area contributed by atoms with Crippen LogP contribution in [0.1, 0.15) is 48.9 Å². The van der Waals surface area contributed by atoms with Gasteiger partial charge in [0.2, 0.25) is 10.0 Å². The van der Waals surface area contributed by atoms with Gasteiger partial charge >= 0.3 is 0 Å². The van der Waals surface area contributed by atoms with Crippen molar-refractivity contribution >= 4 is 15.9 Å². The van der Waals surface area contributed by atoms with Crippen molar-refractivity contribution in [1.29, 1.82) is 0 Å². The van der Waals surface area contributed by atoms with Gasteiger partial charge in [0.1, 0.15) is 0 Å². The molecular formula is C17H22N2O3S. The second-order valence-corrected chi connectivity index (χ2v) is 7.48. The van der Waals surface area contributed by atoms with Crippen molar-refractivity contribution in [3.05, 3.63) is 29.8 Å². The van der Waals surface area contributed by atoms with Crippen LogP contribution in [0.4, 0.5) is 0 Å². The van der Waals surface area contributed by atoms with Crippen LogP contribution in [0.15, 0.2) is 29.2 Å². The summed E-state index contributed by atoms with van der Waals surface area (Å²) in [4.78, 5) is 12.4. The van der Waals surface area contributed by atoms with Gasteiger partial charge < -0.3 is 5.32 Å². The van der Waals surface area contributed by atoms with Crippen LogP contribution in [0, 0.1) is 12.3 Å². The predicted octanol–water partition coefficient (Wildman–Crippen LogP) is 2.05. The van der Waals surface area contributed by atoms with E-state index >= 15 is 0 Å². The van der Waals surface area contributed by atoms with Gasteiger partial charge in [-0.25, -0.2) is 8.42 Å². The Morgan fingerprint density at radius 1 is 1.13 bits per heavy atom. The molecule has 2 rings (SSSR count). The van der Waals surface area contributed by atoms with Crippen molar-refractivity contribution < 1.29 is 13.2 Å². The fraction of sp³-hybridized carbons (Fsp3) is 0.471. The number of terminal acetylenes is 1. The number of rotatable bonds is 5. The molecule has 1 saturated carbocycles. The highest BCUT2D eigenvalue weighted by atomic mass is 32.2. The first-order chi connectivity index (χ1) is 11.0. The van der Waals surface area contributed by atoms with Gasteiger partial charge in [0.15, 0.2) is 0 Å². The molecule has 1 aliphatic rings. The zero-order chi connectivity index (χ0) is 16.7.